The van der Waals surface area contributed by atoms with Crippen LogP contribution in [0.4, 0.5) is 0 Å². The Morgan fingerprint density at radius 1 is 1.38 bits per heavy atom. The van der Waals surface area contributed by atoms with Crippen molar-refractivity contribution in [3.63, 3.8) is 0 Å². The average Bonchev–Trinajstić information content (AvgIpc) is 2.76. The van der Waals surface area contributed by atoms with E-state index in [2.05, 4.69) is 0 Å². The van der Waals surface area contributed by atoms with Crippen LogP contribution in [0.3, 0.4) is 0 Å². The second kappa shape index (κ2) is 5.02. The predicted molar refractivity (Wildman–Crippen MR) is 77.3 cm³/mol. The molecule has 6 heteroatoms. The molecule has 114 valence electrons. The Bertz CT molecular complexity index is 666. The van der Waals surface area contributed by atoms with Crippen molar-refractivity contribution in [3.05, 3.63) is 29.8 Å². The number of rotatable bonds is 3. The summed E-state index contributed by atoms with van der Waals surface area (Å²) in [6.07, 6.45) is 1.30. The number of hydrogen-bond donors (Lipinski definition) is 1. The molecule has 0 aromatic heterocycles. The van der Waals surface area contributed by atoms with Gasteiger partial charge in [0.05, 0.1) is 23.5 Å². The monoisotopic (exact) mass is 310 g/mol. The van der Waals surface area contributed by atoms with Crippen LogP contribution in [0.15, 0.2) is 24.3 Å². The lowest BCUT2D eigenvalue weighted by molar-refractivity contribution is -0.148. The molecule has 0 spiro atoms. The van der Waals surface area contributed by atoms with Crippen molar-refractivity contribution in [2.24, 2.45) is 5.41 Å². The lowest BCUT2D eigenvalue weighted by Crippen LogP contribution is -2.35. The van der Waals surface area contributed by atoms with Crippen LogP contribution in [-0.4, -0.2) is 37.6 Å². The van der Waals surface area contributed by atoms with E-state index in [1.807, 2.05) is 24.3 Å². The van der Waals surface area contributed by atoms with Crippen molar-refractivity contribution >= 4 is 15.8 Å². The van der Waals surface area contributed by atoms with Gasteiger partial charge in [0.2, 0.25) is 0 Å². The number of carboxylic acid groups (broad SMARTS) is 1. The molecule has 2 heterocycles. The van der Waals surface area contributed by atoms with Crippen molar-refractivity contribution in [1.82, 2.24) is 0 Å². The standard InChI is InChI=1S/C15H18O5S/c16-14(17)15(6-8-21(18,19)10-15)9-11-5-7-20-13-4-2-1-3-12(11)13/h1-4,11H,5-10H2,(H,16,17). The lowest BCUT2D eigenvalue weighted by Gasteiger charge is -2.32. The fraction of sp³-hybridized carbons (Fsp3) is 0.533. The normalized spacial score (nSPS) is 30.4. The molecule has 0 radical (unpaired) electrons. The Labute approximate surface area is 123 Å². The van der Waals surface area contributed by atoms with Crippen LogP contribution >= 0.6 is 0 Å². The summed E-state index contributed by atoms with van der Waals surface area (Å²) >= 11 is 0. The first-order valence-corrected chi connectivity index (χ1v) is 8.90. The number of ether oxygens (including phenoxy) is 1. The molecule has 0 saturated carbocycles. The number of fused-ring (bicyclic) bond motifs is 1. The lowest BCUT2D eigenvalue weighted by atomic mass is 9.75. The molecule has 5 nitrogen and oxygen atoms in total. The molecule has 0 bridgehead atoms. The number of carboxylic acids is 1. The number of hydrogen-bond acceptors (Lipinski definition) is 4. The second-order valence-electron chi connectivity index (χ2n) is 6.00. The first kappa shape index (κ1) is 14.4. The molecule has 1 fully saturated rings. The average molecular weight is 310 g/mol. The van der Waals surface area contributed by atoms with Crippen molar-refractivity contribution in [1.29, 1.82) is 0 Å². The van der Waals surface area contributed by atoms with Crippen molar-refractivity contribution in [2.45, 2.75) is 25.2 Å². The Morgan fingerprint density at radius 3 is 2.81 bits per heavy atom. The zero-order valence-corrected chi connectivity index (χ0v) is 12.4. The Morgan fingerprint density at radius 2 is 2.14 bits per heavy atom. The van der Waals surface area contributed by atoms with Crippen LogP contribution in [0.1, 0.15) is 30.7 Å². The van der Waals surface area contributed by atoms with E-state index in [0.717, 1.165) is 17.7 Å². The molecule has 0 amide bonds. The van der Waals surface area contributed by atoms with Crippen LogP contribution in [0.25, 0.3) is 0 Å². The Kier molecular flexibility index (Phi) is 3.43. The van der Waals surface area contributed by atoms with Gasteiger partial charge in [-0.1, -0.05) is 18.2 Å². The summed E-state index contributed by atoms with van der Waals surface area (Å²) in [5.74, 6) is -0.430. The number of carbonyl (C=O) groups is 1. The SMILES string of the molecule is O=C(O)C1(CC2CCOc3ccccc32)CCS(=O)(=O)C1. The summed E-state index contributed by atoms with van der Waals surface area (Å²) < 4.78 is 29.1. The minimum Gasteiger partial charge on any atom is -0.493 e. The molecule has 3 rings (SSSR count). The maximum atomic E-state index is 11.7. The van der Waals surface area contributed by atoms with Crippen LogP contribution in [0.5, 0.6) is 5.75 Å². The van der Waals surface area contributed by atoms with Crippen LogP contribution < -0.4 is 4.74 Å². The quantitative estimate of drug-likeness (QED) is 0.921. The molecule has 1 N–H and O–H groups in total. The van der Waals surface area contributed by atoms with Gasteiger partial charge in [-0.25, -0.2) is 8.42 Å². The van der Waals surface area contributed by atoms with E-state index >= 15 is 0 Å². The zero-order valence-electron chi connectivity index (χ0n) is 11.6. The van der Waals surface area contributed by atoms with Gasteiger partial charge in [-0.15, -0.1) is 0 Å². The van der Waals surface area contributed by atoms with E-state index < -0.39 is 21.2 Å². The topological polar surface area (TPSA) is 80.7 Å². The minimum atomic E-state index is -3.24. The summed E-state index contributed by atoms with van der Waals surface area (Å²) in [7, 11) is -3.24. The number of para-hydroxylation sites is 1. The van der Waals surface area contributed by atoms with E-state index in [1.165, 1.54) is 0 Å². The van der Waals surface area contributed by atoms with Gasteiger partial charge in [0.15, 0.2) is 9.84 Å². The second-order valence-corrected chi connectivity index (χ2v) is 8.19. The summed E-state index contributed by atoms with van der Waals surface area (Å²) in [5.41, 5.74) is -0.151. The molecule has 21 heavy (non-hydrogen) atoms. The summed E-state index contributed by atoms with van der Waals surface area (Å²) in [5, 5.41) is 9.58. The molecule has 1 aromatic rings. The van der Waals surface area contributed by atoms with Gasteiger partial charge in [0.1, 0.15) is 5.75 Å². The highest BCUT2D eigenvalue weighted by Gasteiger charge is 2.49. The van der Waals surface area contributed by atoms with Gasteiger partial charge in [-0.2, -0.15) is 0 Å². The van der Waals surface area contributed by atoms with Crippen LogP contribution in [0.2, 0.25) is 0 Å². The highest BCUT2D eigenvalue weighted by atomic mass is 32.2. The third-order valence-corrected chi connectivity index (χ3v) is 6.38. The van der Waals surface area contributed by atoms with Gasteiger partial charge in [0, 0.05) is 0 Å². The van der Waals surface area contributed by atoms with Crippen LogP contribution in [-0.2, 0) is 14.6 Å². The fourth-order valence-corrected chi connectivity index (χ4v) is 5.51. The third kappa shape index (κ3) is 2.64. The van der Waals surface area contributed by atoms with Gasteiger partial charge in [-0.3, -0.25) is 4.79 Å². The van der Waals surface area contributed by atoms with E-state index in [4.69, 9.17) is 4.74 Å². The molecule has 2 unspecified atom stereocenters. The zero-order chi connectivity index (χ0) is 15.1. The van der Waals surface area contributed by atoms with E-state index in [9.17, 15) is 18.3 Å². The number of aliphatic carboxylic acids is 1. The number of sulfone groups is 1. The molecule has 2 atom stereocenters. The Hall–Kier alpha value is -1.56. The van der Waals surface area contributed by atoms with Crippen molar-refractivity contribution in [2.75, 3.05) is 18.1 Å². The van der Waals surface area contributed by atoms with Crippen molar-refractivity contribution < 1.29 is 23.1 Å². The molecule has 1 aromatic carbocycles. The molecule has 2 aliphatic rings. The van der Waals surface area contributed by atoms with E-state index in [0.29, 0.717) is 13.0 Å². The fourth-order valence-electron chi connectivity index (χ4n) is 3.43. The van der Waals surface area contributed by atoms with Gasteiger partial charge in [0.25, 0.3) is 0 Å². The van der Waals surface area contributed by atoms with E-state index in [-0.39, 0.29) is 23.8 Å². The summed E-state index contributed by atoms with van der Waals surface area (Å²) in [4.78, 5) is 11.7. The van der Waals surface area contributed by atoms with Gasteiger partial charge in [-0.05, 0) is 36.8 Å². The molecule has 1 saturated heterocycles. The molecule has 0 aliphatic carbocycles. The van der Waals surface area contributed by atoms with Gasteiger partial charge < -0.3 is 9.84 Å². The Balaban J connectivity index is 1.91. The molecular formula is C15H18O5S. The maximum Gasteiger partial charge on any atom is 0.310 e. The smallest absolute Gasteiger partial charge is 0.310 e. The molecule has 2 aliphatic heterocycles. The highest BCUT2D eigenvalue weighted by molar-refractivity contribution is 7.91. The summed E-state index contributed by atoms with van der Waals surface area (Å²) in [6.45, 7) is 0.546. The predicted octanol–water partition coefficient (Wildman–Crippen LogP) is 1.83. The molecular weight excluding hydrogens is 292 g/mol. The number of benzene rings is 1. The van der Waals surface area contributed by atoms with Gasteiger partial charge >= 0.3 is 5.97 Å². The van der Waals surface area contributed by atoms with Crippen molar-refractivity contribution in [3.8, 4) is 5.75 Å². The summed E-state index contributed by atoms with van der Waals surface area (Å²) in [6, 6.07) is 7.60. The maximum absolute atomic E-state index is 11.7. The first-order chi connectivity index (χ1) is 9.92. The van der Waals surface area contributed by atoms with E-state index in [1.54, 1.807) is 0 Å². The first-order valence-electron chi connectivity index (χ1n) is 7.07. The highest BCUT2D eigenvalue weighted by Crippen LogP contribution is 2.45. The largest absolute Gasteiger partial charge is 0.493 e. The van der Waals surface area contributed by atoms with Crippen LogP contribution in [0, 0.1) is 5.41 Å². The minimum absolute atomic E-state index is 0.0236. The third-order valence-electron chi connectivity index (χ3n) is 4.56.